The van der Waals surface area contributed by atoms with E-state index in [1.54, 1.807) is 11.5 Å². The van der Waals surface area contributed by atoms with Crippen LogP contribution in [0.5, 0.6) is 0 Å². The Hall–Kier alpha value is -3.03. The van der Waals surface area contributed by atoms with Crippen LogP contribution in [0.4, 0.5) is 10.1 Å². The van der Waals surface area contributed by atoms with Crippen LogP contribution in [-0.4, -0.2) is 34.8 Å². The Morgan fingerprint density at radius 2 is 2.09 bits per heavy atom. The van der Waals surface area contributed by atoms with Gasteiger partial charge in [0.05, 0.1) is 11.2 Å². The van der Waals surface area contributed by atoms with Crippen LogP contribution >= 0.6 is 0 Å². The lowest BCUT2D eigenvalue weighted by molar-refractivity contribution is 0.0407. The summed E-state index contributed by atoms with van der Waals surface area (Å²) in [6.45, 7) is 13.8. The molecule has 1 aliphatic heterocycles. The number of pyridine rings is 1. The van der Waals surface area contributed by atoms with Crippen LogP contribution in [-0.2, 0) is 4.74 Å². The zero-order valence-corrected chi connectivity index (χ0v) is 19.7. The van der Waals surface area contributed by atoms with Crippen LogP contribution in [0.1, 0.15) is 52.0 Å². The molecule has 1 N–H and O–H groups in total. The van der Waals surface area contributed by atoms with Crippen LogP contribution < -0.4 is 15.8 Å². The molecule has 1 aliphatic carbocycles. The lowest BCUT2D eigenvalue weighted by Crippen LogP contribution is -2.30. The molecule has 1 saturated heterocycles. The number of hydrogen-bond donors (Lipinski definition) is 1. The standard InChI is InChI=1S/C25H31FN4O3/c1-14(33-25(3,4)5)27-12-16-8-9-29(13-16)21-11-20-18(10-19(21)26)23-22(28-15(2)32-23)24(31)30(20)17-6-7-17/h10-11,16-17,27H,1,6-9,12-13H2,2-5H3. The van der Waals surface area contributed by atoms with Crippen LogP contribution in [0.15, 0.2) is 33.8 Å². The summed E-state index contributed by atoms with van der Waals surface area (Å²) in [6.07, 6.45) is 2.83. The van der Waals surface area contributed by atoms with Crippen molar-refractivity contribution in [3.63, 3.8) is 0 Å². The molecule has 0 spiro atoms. The second-order valence-electron chi connectivity index (χ2n) is 10.3. The second kappa shape index (κ2) is 7.78. The SMILES string of the molecule is C=C(NCC1CCN(c2cc3c(cc2F)c2oc(C)nc2c(=O)n3C2CC2)C1)OC(C)(C)C. The van der Waals surface area contributed by atoms with Gasteiger partial charge in [0.15, 0.2) is 22.9 Å². The largest absolute Gasteiger partial charge is 0.474 e. The molecule has 8 heteroatoms. The van der Waals surface area contributed by atoms with Crippen molar-refractivity contribution in [3.05, 3.63) is 46.7 Å². The number of aryl methyl sites for hydroxylation is 1. The van der Waals surface area contributed by atoms with Gasteiger partial charge in [0.1, 0.15) is 11.4 Å². The van der Waals surface area contributed by atoms with E-state index in [-0.39, 0.29) is 28.5 Å². The van der Waals surface area contributed by atoms with Crippen molar-refractivity contribution < 1.29 is 13.5 Å². The number of hydrogen-bond acceptors (Lipinski definition) is 6. The Labute approximate surface area is 192 Å². The maximum Gasteiger partial charge on any atom is 0.281 e. The third-order valence-electron chi connectivity index (χ3n) is 6.28. The number of aromatic nitrogens is 2. The van der Waals surface area contributed by atoms with E-state index in [9.17, 15) is 4.79 Å². The third-order valence-corrected chi connectivity index (χ3v) is 6.28. The van der Waals surface area contributed by atoms with Crippen molar-refractivity contribution in [1.82, 2.24) is 14.9 Å². The van der Waals surface area contributed by atoms with E-state index >= 15 is 4.39 Å². The minimum Gasteiger partial charge on any atom is -0.474 e. The van der Waals surface area contributed by atoms with Gasteiger partial charge in [-0.15, -0.1) is 0 Å². The van der Waals surface area contributed by atoms with Crippen LogP contribution in [0.2, 0.25) is 0 Å². The van der Waals surface area contributed by atoms with Gasteiger partial charge in [0.25, 0.3) is 5.56 Å². The quantitative estimate of drug-likeness (QED) is 0.548. The minimum atomic E-state index is -0.312. The molecule has 2 aromatic heterocycles. The first-order valence-electron chi connectivity index (χ1n) is 11.6. The Kier molecular flexibility index (Phi) is 5.14. The number of rotatable bonds is 6. The average Bonchev–Trinajstić information content (AvgIpc) is 3.29. The van der Waals surface area contributed by atoms with Crippen molar-refractivity contribution >= 4 is 27.7 Å². The molecular formula is C25H31FN4O3. The third kappa shape index (κ3) is 4.18. The van der Waals surface area contributed by atoms with E-state index < -0.39 is 0 Å². The lowest BCUT2D eigenvalue weighted by Gasteiger charge is -2.24. The molecule has 0 bridgehead atoms. The maximum absolute atomic E-state index is 15.3. The van der Waals surface area contributed by atoms with E-state index in [1.165, 1.54) is 6.07 Å². The summed E-state index contributed by atoms with van der Waals surface area (Å²) < 4.78 is 28.6. The number of ether oxygens (including phenoxy) is 1. The topological polar surface area (TPSA) is 72.5 Å². The van der Waals surface area contributed by atoms with Crippen LogP contribution in [0.3, 0.4) is 0 Å². The summed E-state index contributed by atoms with van der Waals surface area (Å²) in [5.41, 5.74) is 1.44. The molecule has 0 radical (unpaired) electrons. The van der Waals surface area contributed by atoms with Gasteiger partial charge in [-0.3, -0.25) is 4.79 Å². The van der Waals surface area contributed by atoms with Gasteiger partial charge >= 0.3 is 0 Å². The van der Waals surface area contributed by atoms with Gasteiger partial charge in [-0.1, -0.05) is 0 Å². The summed E-state index contributed by atoms with van der Waals surface area (Å²) in [7, 11) is 0. The Morgan fingerprint density at radius 3 is 2.79 bits per heavy atom. The fraction of sp³-hybridized carbons (Fsp3) is 0.520. The average molecular weight is 455 g/mol. The van der Waals surface area contributed by atoms with Crippen molar-refractivity contribution in [3.8, 4) is 0 Å². The molecule has 2 fully saturated rings. The van der Waals surface area contributed by atoms with Gasteiger partial charge in [0.2, 0.25) is 0 Å². The number of benzene rings is 1. The first-order chi connectivity index (χ1) is 15.6. The highest BCUT2D eigenvalue weighted by molar-refractivity contribution is 6.02. The normalized spacial score (nSPS) is 18.9. The molecule has 5 rings (SSSR count). The number of fused-ring (bicyclic) bond motifs is 3. The number of anilines is 1. The van der Waals surface area contributed by atoms with Crippen molar-refractivity contribution in [2.45, 2.75) is 58.6 Å². The molecule has 176 valence electrons. The number of oxazole rings is 1. The van der Waals surface area contributed by atoms with Gasteiger partial charge < -0.3 is 23.9 Å². The Bertz CT molecular complexity index is 1300. The summed E-state index contributed by atoms with van der Waals surface area (Å²) in [5, 5.41) is 3.86. The molecule has 0 amide bonds. The van der Waals surface area contributed by atoms with Gasteiger partial charge in [-0.2, -0.15) is 0 Å². The monoisotopic (exact) mass is 454 g/mol. The lowest BCUT2D eigenvalue weighted by atomic mass is 10.1. The van der Waals surface area contributed by atoms with E-state index in [1.807, 2.05) is 26.8 Å². The zero-order valence-electron chi connectivity index (χ0n) is 19.7. The van der Waals surface area contributed by atoms with Crippen LogP contribution in [0, 0.1) is 18.7 Å². The predicted octanol–water partition coefficient (Wildman–Crippen LogP) is 4.63. The maximum atomic E-state index is 15.3. The molecule has 3 heterocycles. The molecule has 1 aromatic carbocycles. The van der Waals surface area contributed by atoms with Gasteiger partial charge in [-0.25, -0.2) is 9.37 Å². The summed E-state index contributed by atoms with van der Waals surface area (Å²) in [6, 6.07) is 3.46. The number of nitrogens with zero attached hydrogens (tertiary/aromatic N) is 3. The molecular weight excluding hydrogens is 423 g/mol. The molecule has 1 unspecified atom stereocenters. The van der Waals surface area contributed by atoms with Crippen molar-refractivity contribution in [2.24, 2.45) is 5.92 Å². The minimum absolute atomic E-state index is 0.143. The van der Waals surface area contributed by atoms with E-state index in [0.717, 1.165) is 37.9 Å². The molecule has 1 atom stereocenters. The summed E-state index contributed by atoms with van der Waals surface area (Å²) in [4.78, 5) is 19.5. The fourth-order valence-electron chi connectivity index (χ4n) is 4.73. The molecule has 1 saturated carbocycles. The first kappa shape index (κ1) is 21.8. The number of nitrogens with one attached hydrogen (secondary N) is 1. The van der Waals surface area contributed by atoms with E-state index in [0.29, 0.717) is 40.9 Å². The Morgan fingerprint density at radius 1 is 1.33 bits per heavy atom. The smallest absolute Gasteiger partial charge is 0.281 e. The fourth-order valence-corrected chi connectivity index (χ4v) is 4.73. The number of halogens is 1. The summed E-state index contributed by atoms with van der Waals surface area (Å²) >= 11 is 0. The molecule has 3 aromatic rings. The predicted molar refractivity (Wildman–Crippen MR) is 127 cm³/mol. The zero-order chi connectivity index (χ0) is 23.5. The molecule has 2 aliphatic rings. The highest BCUT2D eigenvalue weighted by atomic mass is 19.1. The van der Waals surface area contributed by atoms with Gasteiger partial charge in [-0.05, 0) is 64.7 Å². The second-order valence-corrected chi connectivity index (χ2v) is 10.3. The van der Waals surface area contributed by atoms with E-state index in [2.05, 4.69) is 21.8 Å². The van der Waals surface area contributed by atoms with E-state index in [4.69, 9.17) is 9.15 Å². The molecule has 7 nitrogen and oxygen atoms in total. The highest BCUT2D eigenvalue weighted by Crippen LogP contribution is 2.39. The van der Waals surface area contributed by atoms with Crippen molar-refractivity contribution in [2.75, 3.05) is 24.5 Å². The van der Waals surface area contributed by atoms with Crippen LogP contribution in [0.25, 0.3) is 22.0 Å². The molecule has 33 heavy (non-hydrogen) atoms. The first-order valence-corrected chi connectivity index (χ1v) is 11.6. The highest BCUT2D eigenvalue weighted by Gasteiger charge is 2.31. The van der Waals surface area contributed by atoms with Gasteiger partial charge in [0, 0.05) is 38.0 Å². The summed E-state index contributed by atoms with van der Waals surface area (Å²) in [5.74, 6) is 0.990. The van der Waals surface area contributed by atoms with Crippen molar-refractivity contribution in [1.29, 1.82) is 0 Å². The Balaban J connectivity index is 1.43.